The molecule has 1 aromatic rings. The van der Waals surface area contributed by atoms with E-state index in [0.29, 0.717) is 0 Å². The van der Waals surface area contributed by atoms with Crippen molar-refractivity contribution in [1.29, 1.82) is 0 Å². The molecule has 0 spiro atoms. The molecule has 1 aromatic heterocycles. The third-order valence-electron chi connectivity index (χ3n) is 1.11. The average molecular weight is 304 g/mol. The van der Waals surface area contributed by atoms with Crippen LogP contribution < -0.4 is 5.32 Å². The van der Waals surface area contributed by atoms with Crippen LogP contribution in [-0.4, -0.2) is 9.51 Å². The minimum absolute atomic E-state index is 0.886. The number of rotatable bonds is 3. The summed E-state index contributed by atoms with van der Waals surface area (Å²) >= 11 is 1.44. The molecule has 1 rings (SSSR count). The zero-order valence-corrected chi connectivity index (χ0v) is 8.38. The van der Waals surface area contributed by atoms with Gasteiger partial charge in [0.15, 0.2) is 0 Å². The SMILES string of the molecule is [W]=[CH]NCc1cccnc1. The van der Waals surface area contributed by atoms with Crippen molar-refractivity contribution in [2.75, 3.05) is 0 Å². The quantitative estimate of drug-likeness (QED) is 0.878. The predicted octanol–water partition coefficient (Wildman–Crippen LogP) is 0.478. The van der Waals surface area contributed by atoms with Crippen LogP contribution in [0.3, 0.4) is 0 Å². The maximum absolute atomic E-state index is 3.99. The third kappa shape index (κ3) is 2.50. The molecule has 0 saturated heterocycles. The summed E-state index contributed by atoms with van der Waals surface area (Å²) in [6.07, 6.45) is 3.65. The van der Waals surface area contributed by atoms with E-state index in [4.69, 9.17) is 0 Å². The fourth-order valence-electron chi connectivity index (χ4n) is 0.662. The Kier molecular flexibility index (Phi) is 3.48. The van der Waals surface area contributed by atoms with E-state index in [1.165, 1.54) is 24.9 Å². The number of pyridine rings is 1. The van der Waals surface area contributed by atoms with Gasteiger partial charge in [-0.2, -0.15) is 0 Å². The fraction of sp³-hybridized carbons (Fsp3) is 0.143. The number of hydrogen-bond donors (Lipinski definition) is 1. The van der Waals surface area contributed by atoms with Crippen LogP contribution in [0.5, 0.6) is 0 Å². The van der Waals surface area contributed by atoms with E-state index in [1.807, 2.05) is 16.8 Å². The van der Waals surface area contributed by atoms with Crippen molar-refractivity contribution in [1.82, 2.24) is 10.3 Å². The molecule has 1 N–H and O–H groups in total. The molecule has 0 atom stereocenters. The molecule has 2 nitrogen and oxygen atoms in total. The van der Waals surface area contributed by atoms with Gasteiger partial charge in [0, 0.05) is 0 Å². The minimum atomic E-state index is 0.886. The molecule has 0 bridgehead atoms. The number of nitrogens with one attached hydrogen (secondary N) is 1. The van der Waals surface area contributed by atoms with Gasteiger partial charge in [-0.3, -0.25) is 0 Å². The zero-order valence-electron chi connectivity index (χ0n) is 5.45. The van der Waals surface area contributed by atoms with Crippen molar-refractivity contribution in [3.8, 4) is 0 Å². The second-order valence-corrected chi connectivity index (χ2v) is 2.71. The molecular formula is C7H8N2W. The van der Waals surface area contributed by atoms with Crippen LogP contribution in [0.15, 0.2) is 24.5 Å². The Bertz CT molecular complexity index is 198. The van der Waals surface area contributed by atoms with Crippen molar-refractivity contribution < 1.29 is 19.4 Å². The molecule has 0 radical (unpaired) electrons. The molecular weight excluding hydrogens is 296 g/mol. The van der Waals surface area contributed by atoms with Gasteiger partial charge >= 0.3 is 70.8 Å². The van der Waals surface area contributed by atoms with E-state index in [9.17, 15) is 0 Å². The summed E-state index contributed by atoms with van der Waals surface area (Å²) in [5.74, 6) is 0. The standard InChI is InChI=1S/C7H8N2.W/c1-8-5-7-3-2-4-9-6-7;/h1-4,6,8H,5H2;. The first-order chi connectivity index (χ1) is 4.93. The summed E-state index contributed by atoms with van der Waals surface area (Å²) in [6.45, 7) is 0.886. The van der Waals surface area contributed by atoms with Gasteiger partial charge in [0.1, 0.15) is 0 Å². The van der Waals surface area contributed by atoms with Crippen LogP contribution in [0.25, 0.3) is 0 Å². The molecule has 0 fully saturated rings. The Hall–Kier alpha value is -0.332. The molecule has 0 saturated carbocycles. The van der Waals surface area contributed by atoms with Crippen molar-refractivity contribution >= 4 is 4.52 Å². The second kappa shape index (κ2) is 4.48. The Balaban J connectivity index is 2.50. The zero-order chi connectivity index (χ0) is 7.23. The van der Waals surface area contributed by atoms with Gasteiger partial charge in [-0.1, -0.05) is 0 Å². The number of aromatic nitrogens is 1. The van der Waals surface area contributed by atoms with Crippen molar-refractivity contribution in [3.05, 3.63) is 30.1 Å². The van der Waals surface area contributed by atoms with E-state index in [0.717, 1.165) is 6.54 Å². The maximum atomic E-state index is 3.99. The monoisotopic (exact) mass is 304 g/mol. The summed E-state index contributed by atoms with van der Waals surface area (Å²) in [6, 6.07) is 4.00. The summed E-state index contributed by atoms with van der Waals surface area (Å²) in [7, 11) is 0. The summed E-state index contributed by atoms with van der Waals surface area (Å²) < 4.78 is 2.01. The Morgan fingerprint density at radius 3 is 3.20 bits per heavy atom. The van der Waals surface area contributed by atoms with Gasteiger partial charge in [0.2, 0.25) is 0 Å². The third-order valence-corrected chi connectivity index (χ3v) is 1.71. The Morgan fingerprint density at radius 2 is 2.60 bits per heavy atom. The van der Waals surface area contributed by atoms with Gasteiger partial charge < -0.3 is 0 Å². The number of hydrogen-bond acceptors (Lipinski definition) is 2. The van der Waals surface area contributed by atoms with E-state index in [2.05, 4.69) is 16.4 Å². The molecule has 10 heavy (non-hydrogen) atoms. The molecule has 52 valence electrons. The molecule has 0 aromatic carbocycles. The second-order valence-electron chi connectivity index (χ2n) is 1.86. The van der Waals surface area contributed by atoms with Crippen LogP contribution in [-0.2, 0) is 25.9 Å². The topological polar surface area (TPSA) is 24.9 Å². The van der Waals surface area contributed by atoms with E-state index in [-0.39, 0.29) is 0 Å². The van der Waals surface area contributed by atoms with Crippen molar-refractivity contribution in [2.45, 2.75) is 6.54 Å². The van der Waals surface area contributed by atoms with Gasteiger partial charge in [-0.05, 0) is 0 Å². The molecule has 0 aliphatic heterocycles. The first-order valence-corrected chi connectivity index (χ1v) is 4.69. The molecule has 3 heteroatoms. The molecule has 0 aliphatic rings. The normalized spacial score (nSPS) is 9.20. The van der Waals surface area contributed by atoms with Crippen molar-refractivity contribution in [3.63, 3.8) is 0 Å². The molecule has 0 amide bonds. The molecule has 0 aliphatic carbocycles. The van der Waals surface area contributed by atoms with Gasteiger partial charge in [-0.25, -0.2) is 0 Å². The van der Waals surface area contributed by atoms with E-state index in [1.54, 1.807) is 6.20 Å². The Morgan fingerprint density at radius 1 is 1.70 bits per heavy atom. The van der Waals surface area contributed by atoms with Crippen LogP contribution in [0, 0.1) is 0 Å². The predicted molar refractivity (Wildman–Crippen MR) is 37.1 cm³/mol. The van der Waals surface area contributed by atoms with Gasteiger partial charge in [0.05, 0.1) is 0 Å². The van der Waals surface area contributed by atoms with Crippen molar-refractivity contribution in [2.24, 2.45) is 0 Å². The first-order valence-electron chi connectivity index (χ1n) is 2.99. The van der Waals surface area contributed by atoms with E-state index < -0.39 is 0 Å². The summed E-state index contributed by atoms with van der Waals surface area (Å²) in [4.78, 5) is 3.99. The molecule has 0 unspecified atom stereocenters. The van der Waals surface area contributed by atoms with Crippen LogP contribution in [0.1, 0.15) is 5.56 Å². The summed E-state index contributed by atoms with van der Waals surface area (Å²) in [5, 5.41) is 3.14. The fourth-order valence-corrected chi connectivity index (χ4v) is 0.962. The van der Waals surface area contributed by atoms with Gasteiger partial charge in [0.25, 0.3) is 0 Å². The molecule has 1 heterocycles. The van der Waals surface area contributed by atoms with Crippen LogP contribution in [0.2, 0.25) is 0 Å². The van der Waals surface area contributed by atoms with Gasteiger partial charge in [-0.15, -0.1) is 0 Å². The summed E-state index contributed by atoms with van der Waals surface area (Å²) in [5.41, 5.74) is 1.22. The average Bonchev–Trinajstić information content (AvgIpc) is 2.03. The first kappa shape index (κ1) is 7.77. The van der Waals surface area contributed by atoms with Crippen LogP contribution >= 0.6 is 0 Å². The number of nitrogens with zero attached hydrogens (tertiary/aromatic N) is 1. The Labute approximate surface area is 71.1 Å². The van der Waals surface area contributed by atoms with E-state index >= 15 is 0 Å². The van der Waals surface area contributed by atoms with Crippen LogP contribution in [0.4, 0.5) is 0 Å².